The Morgan fingerprint density at radius 1 is 1.24 bits per heavy atom. The third kappa shape index (κ3) is 5.81. The summed E-state index contributed by atoms with van der Waals surface area (Å²) >= 11 is 3.46. The van der Waals surface area contributed by atoms with E-state index in [0.717, 1.165) is 4.47 Å². The van der Waals surface area contributed by atoms with Crippen molar-refractivity contribution in [3.63, 3.8) is 0 Å². The van der Waals surface area contributed by atoms with Gasteiger partial charge in [-0.25, -0.2) is 14.1 Å². The molecule has 2 aliphatic rings. The number of carbonyl (C=O) groups excluding carboxylic acids is 1. The van der Waals surface area contributed by atoms with Gasteiger partial charge in [0.15, 0.2) is 0 Å². The minimum Gasteiger partial charge on any atom is -0.469 e. The lowest BCUT2D eigenvalue weighted by Crippen LogP contribution is -2.32. The SMILES string of the molecule is COC(=O)CC[C@@H]1N=C(c2ccccc2F)c2cc(Br)ccc2N=C1O[PH](=O)N1CCOCC1. The normalized spacial score (nSPS) is 19.3. The molecule has 0 bridgehead atoms. The fourth-order valence-corrected chi connectivity index (χ4v) is 5.07. The Bertz CT molecular complexity index is 1150. The van der Waals surface area contributed by atoms with Crippen molar-refractivity contribution >= 4 is 47.4 Å². The van der Waals surface area contributed by atoms with Gasteiger partial charge in [-0.2, -0.15) is 0 Å². The van der Waals surface area contributed by atoms with E-state index in [1.807, 2.05) is 0 Å². The molecule has 2 atom stereocenters. The van der Waals surface area contributed by atoms with Gasteiger partial charge in [0.05, 0.1) is 31.7 Å². The molecule has 1 fully saturated rings. The van der Waals surface area contributed by atoms with Gasteiger partial charge in [-0.3, -0.25) is 14.4 Å². The number of esters is 1. The largest absolute Gasteiger partial charge is 0.469 e. The zero-order valence-corrected chi connectivity index (χ0v) is 21.1. The summed E-state index contributed by atoms with van der Waals surface area (Å²) in [4.78, 5) is 21.3. The number of hydrogen-bond donors (Lipinski definition) is 0. The molecule has 180 valence electrons. The first-order valence-electron chi connectivity index (χ1n) is 10.8. The summed E-state index contributed by atoms with van der Waals surface area (Å²) in [7, 11) is -1.37. The first-order chi connectivity index (χ1) is 16.5. The topological polar surface area (TPSA) is 89.8 Å². The van der Waals surface area contributed by atoms with Crippen molar-refractivity contribution in [2.24, 2.45) is 9.98 Å². The number of morpholine rings is 1. The summed E-state index contributed by atoms with van der Waals surface area (Å²) in [6.07, 6.45) is 0.229. The maximum Gasteiger partial charge on any atom is 0.309 e. The monoisotopic (exact) mass is 551 g/mol. The van der Waals surface area contributed by atoms with Crippen LogP contribution in [0.5, 0.6) is 0 Å². The summed E-state index contributed by atoms with van der Waals surface area (Å²) in [5.41, 5.74) is 1.75. The highest BCUT2D eigenvalue weighted by atomic mass is 79.9. The molecule has 0 saturated carbocycles. The molecule has 1 saturated heterocycles. The van der Waals surface area contributed by atoms with Crippen LogP contribution in [0.3, 0.4) is 0 Å². The molecular weight excluding hydrogens is 528 g/mol. The number of ether oxygens (including phenoxy) is 2. The molecule has 0 N–H and O–H groups in total. The van der Waals surface area contributed by atoms with E-state index in [4.69, 9.17) is 19.0 Å². The van der Waals surface area contributed by atoms with E-state index in [-0.39, 0.29) is 18.7 Å². The maximum atomic E-state index is 14.8. The number of hydrogen-bond acceptors (Lipinski definition) is 7. The van der Waals surface area contributed by atoms with Crippen LogP contribution in [0, 0.1) is 5.82 Å². The number of rotatable bonds is 6. The van der Waals surface area contributed by atoms with Crippen molar-refractivity contribution in [2.75, 3.05) is 33.4 Å². The van der Waals surface area contributed by atoms with E-state index in [2.05, 4.69) is 20.9 Å². The number of benzene rings is 2. The molecule has 11 heteroatoms. The van der Waals surface area contributed by atoms with Gasteiger partial charge in [0.2, 0.25) is 5.90 Å². The maximum absolute atomic E-state index is 14.8. The molecule has 0 aromatic heterocycles. The van der Waals surface area contributed by atoms with E-state index >= 15 is 0 Å². The zero-order valence-electron chi connectivity index (χ0n) is 18.5. The van der Waals surface area contributed by atoms with Gasteiger partial charge in [-0.1, -0.05) is 28.1 Å². The number of aliphatic imine (C=N–C) groups is 2. The van der Waals surface area contributed by atoms with Crippen LogP contribution in [0.4, 0.5) is 10.1 Å². The van der Waals surface area contributed by atoms with Crippen LogP contribution in [0.2, 0.25) is 0 Å². The summed E-state index contributed by atoms with van der Waals surface area (Å²) < 4.78 is 46.4. The lowest BCUT2D eigenvalue weighted by molar-refractivity contribution is -0.140. The van der Waals surface area contributed by atoms with Gasteiger partial charge in [0.1, 0.15) is 11.9 Å². The van der Waals surface area contributed by atoms with Gasteiger partial charge in [0, 0.05) is 35.1 Å². The molecule has 0 amide bonds. The van der Waals surface area contributed by atoms with E-state index in [1.165, 1.54) is 13.2 Å². The van der Waals surface area contributed by atoms with Crippen molar-refractivity contribution in [3.8, 4) is 0 Å². The highest BCUT2D eigenvalue weighted by molar-refractivity contribution is 9.10. The second kappa shape index (κ2) is 11.4. The molecule has 0 aliphatic carbocycles. The Morgan fingerprint density at radius 2 is 2.00 bits per heavy atom. The Labute approximate surface area is 205 Å². The lowest BCUT2D eigenvalue weighted by atomic mass is 10.00. The lowest BCUT2D eigenvalue weighted by Gasteiger charge is -2.26. The number of halogens is 2. The summed E-state index contributed by atoms with van der Waals surface area (Å²) in [5.74, 6) is -0.744. The van der Waals surface area contributed by atoms with E-state index in [0.29, 0.717) is 48.8 Å². The number of carbonyl (C=O) groups is 1. The molecule has 8 nitrogen and oxygen atoms in total. The first kappa shape index (κ1) is 24.7. The molecule has 2 aliphatic heterocycles. The van der Waals surface area contributed by atoms with Crippen LogP contribution in [0.15, 0.2) is 56.9 Å². The van der Waals surface area contributed by atoms with Gasteiger partial charge in [-0.05, 0) is 36.8 Å². The van der Waals surface area contributed by atoms with Gasteiger partial charge in [0.25, 0.3) is 0 Å². The van der Waals surface area contributed by atoms with Gasteiger partial charge < -0.3 is 14.0 Å². The quantitative estimate of drug-likeness (QED) is 0.387. The number of fused-ring (bicyclic) bond motifs is 1. The summed E-state index contributed by atoms with van der Waals surface area (Å²) in [5, 5.41) is 0. The Hall–Kier alpha value is -2.39. The van der Waals surface area contributed by atoms with Crippen molar-refractivity contribution < 1.29 is 27.7 Å². The summed E-state index contributed by atoms with van der Waals surface area (Å²) in [6, 6.07) is 10.9. The summed E-state index contributed by atoms with van der Waals surface area (Å²) in [6.45, 7) is 1.88. The van der Waals surface area contributed by atoms with Crippen molar-refractivity contribution in [1.29, 1.82) is 0 Å². The molecule has 0 spiro atoms. The Kier molecular flexibility index (Phi) is 8.26. The van der Waals surface area contributed by atoms with E-state index in [1.54, 1.807) is 41.1 Å². The van der Waals surface area contributed by atoms with Crippen molar-refractivity contribution in [1.82, 2.24) is 4.67 Å². The minimum atomic E-state index is -2.68. The van der Waals surface area contributed by atoms with Crippen molar-refractivity contribution in [2.45, 2.75) is 18.9 Å². The van der Waals surface area contributed by atoms with Crippen LogP contribution in [0.25, 0.3) is 0 Å². The standard InChI is InChI=1S/C23H24BrFN3O5P/c1-31-21(29)9-8-20-23(33-34(30)28-10-12-32-13-11-28)27-19-7-6-15(24)14-17(19)22(26-20)16-4-2-3-5-18(16)25/h2-7,14,20,34H,8-13H2,1H3/t20-/m0/s1. The van der Waals surface area contributed by atoms with Crippen molar-refractivity contribution in [3.05, 3.63) is 63.9 Å². The average molecular weight is 552 g/mol. The third-order valence-electron chi connectivity index (χ3n) is 5.45. The number of nitrogens with zero attached hydrogens (tertiary/aromatic N) is 3. The molecule has 4 rings (SSSR count). The fraction of sp³-hybridized carbons (Fsp3) is 0.348. The zero-order chi connectivity index (χ0) is 24.1. The fourth-order valence-electron chi connectivity index (χ4n) is 3.67. The van der Waals surface area contributed by atoms with Gasteiger partial charge >= 0.3 is 14.1 Å². The smallest absolute Gasteiger partial charge is 0.309 e. The van der Waals surface area contributed by atoms with Crippen LogP contribution in [-0.2, 0) is 23.4 Å². The number of methoxy groups -OCH3 is 1. The van der Waals surface area contributed by atoms with Crippen LogP contribution in [0.1, 0.15) is 24.0 Å². The van der Waals surface area contributed by atoms with E-state index < -0.39 is 26.0 Å². The van der Waals surface area contributed by atoms with Gasteiger partial charge in [-0.15, -0.1) is 0 Å². The Balaban J connectivity index is 1.78. The molecule has 2 aromatic rings. The predicted molar refractivity (Wildman–Crippen MR) is 131 cm³/mol. The average Bonchev–Trinajstić information content (AvgIpc) is 2.99. The van der Waals surface area contributed by atoms with Crippen LogP contribution in [-0.4, -0.2) is 61.7 Å². The van der Waals surface area contributed by atoms with Crippen LogP contribution >= 0.6 is 24.1 Å². The predicted octanol–water partition coefficient (Wildman–Crippen LogP) is 4.53. The minimum absolute atomic E-state index is 0.0378. The second-order valence-corrected chi connectivity index (χ2v) is 9.95. The Morgan fingerprint density at radius 3 is 2.74 bits per heavy atom. The molecule has 1 unspecified atom stereocenters. The first-order valence-corrected chi connectivity index (χ1v) is 12.8. The third-order valence-corrected chi connectivity index (χ3v) is 7.29. The van der Waals surface area contributed by atoms with Crippen LogP contribution < -0.4 is 0 Å². The molecule has 0 radical (unpaired) electrons. The molecule has 34 heavy (non-hydrogen) atoms. The molecule has 2 heterocycles. The highest BCUT2D eigenvalue weighted by Crippen LogP contribution is 2.36. The second-order valence-electron chi connectivity index (χ2n) is 7.67. The molecule has 2 aromatic carbocycles. The van der Waals surface area contributed by atoms with E-state index in [9.17, 15) is 13.8 Å². The molecular formula is C23H24BrFN3O5P. The highest BCUT2D eigenvalue weighted by Gasteiger charge is 2.29.